The second-order valence-corrected chi connectivity index (χ2v) is 6.85. The summed E-state index contributed by atoms with van der Waals surface area (Å²) in [5.41, 5.74) is 1.18. The molecule has 0 saturated carbocycles. The van der Waals surface area contributed by atoms with E-state index in [0.717, 1.165) is 32.5 Å². The Bertz CT molecular complexity index is 556. The van der Waals surface area contributed by atoms with Crippen molar-refractivity contribution in [2.24, 2.45) is 10.9 Å². The molecule has 1 heterocycles. The summed E-state index contributed by atoms with van der Waals surface area (Å²) >= 11 is 0. The van der Waals surface area contributed by atoms with Gasteiger partial charge in [-0.15, -0.1) is 0 Å². The Morgan fingerprint density at radius 1 is 1.19 bits per heavy atom. The van der Waals surface area contributed by atoms with Crippen LogP contribution in [0.25, 0.3) is 0 Å². The van der Waals surface area contributed by atoms with Crippen molar-refractivity contribution in [2.45, 2.75) is 32.8 Å². The molecule has 26 heavy (non-hydrogen) atoms. The van der Waals surface area contributed by atoms with Crippen LogP contribution < -0.4 is 10.6 Å². The van der Waals surface area contributed by atoms with Crippen LogP contribution in [0.1, 0.15) is 31.7 Å². The van der Waals surface area contributed by atoms with Crippen LogP contribution in [-0.2, 0) is 16.1 Å². The molecule has 0 radical (unpaired) electrons. The molecule has 0 bridgehead atoms. The van der Waals surface area contributed by atoms with E-state index in [2.05, 4.69) is 34.7 Å². The van der Waals surface area contributed by atoms with Crippen LogP contribution in [-0.4, -0.2) is 56.6 Å². The number of carbonyl (C=O) groups is 1. The summed E-state index contributed by atoms with van der Waals surface area (Å²) in [5, 5.41) is 6.37. The predicted molar refractivity (Wildman–Crippen MR) is 105 cm³/mol. The van der Waals surface area contributed by atoms with Crippen molar-refractivity contribution in [3.05, 3.63) is 35.9 Å². The second kappa shape index (κ2) is 11.5. The number of carbonyl (C=O) groups excluding carboxylic acids is 1. The van der Waals surface area contributed by atoms with Gasteiger partial charge in [-0.2, -0.15) is 0 Å². The number of amides is 1. The van der Waals surface area contributed by atoms with Crippen LogP contribution in [0.5, 0.6) is 0 Å². The lowest BCUT2D eigenvalue weighted by Gasteiger charge is -2.27. The molecule has 2 rings (SSSR count). The fourth-order valence-corrected chi connectivity index (χ4v) is 2.92. The quantitative estimate of drug-likeness (QED) is 0.550. The second-order valence-electron chi connectivity index (χ2n) is 6.85. The fourth-order valence-electron chi connectivity index (χ4n) is 2.92. The average Bonchev–Trinajstić information content (AvgIpc) is 2.69. The molecule has 1 fully saturated rings. The number of likely N-dealkylation sites (tertiary alicyclic amines) is 1. The van der Waals surface area contributed by atoms with Gasteiger partial charge in [-0.05, 0) is 30.7 Å². The maximum Gasteiger partial charge on any atom is 0.241 e. The summed E-state index contributed by atoms with van der Waals surface area (Å²) in [7, 11) is 1.72. The van der Waals surface area contributed by atoms with Crippen molar-refractivity contribution in [3.8, 4) is 0 Å². The molecule has 0 aliphatic carbocycles. The Morgan fingerprint density at radius 2 is 1.92 bits per heavy atom. The zero-order valence-electron chi connectivity index (χ0n) is 16.0. The van der Waals surface area contributed by atoms with Crippen LogP contribution in [0.15, 0.2) is 35.3 Å². The highest BCUT2D eigenvalue weighted by Crippen LogP contribution is 2.08. The first kappa shape index (κ1) is 20.2. The number of guanidine groups is 1. The van der Waals surface area contributed by atoms with Gasteiger partial charge in [-0.3, -0.25) is 9.79 Å². The smallest absolute Gasteiger partial charge is 0.241 e. The Hall–Kier alpha value is -2.08. The highest BCUT2D eigenvalue weighted by Gasteiger charge is 2.16. The Kier molecular flexibility index (Phi) is 8.96. The van der Waals surface area contributed by atoms with Crippen molar-refractivity contribution in [1.29, 1.82) is 0 Å². The summed E-state index contributed by atoms with van der Waals surface area (Å²) in [6.45, 7) is 6.22. The average molecular weight is 361 g/mol. The molecule has 1 saturated heterocycles. The van der Waals surface area contributed by atoms with E-state index in [1.165, 1.54) is 12.0 Å². The lowest BCUT2D eigenvalue weighted by Crippen LogP contribution is -2.46. The van der Waals surface area contributed by atoms with Gasteiger partial charge in [0.15, 0.2) is 5.96 Å². The molecule has 1 aliphatic rings. The van der Waals surface area contributed by atoms with Gasteiger partial charge in [0.1, 0.15) is 0 Å². The minimum absolute atomic E-state index is 0.145. The van der Waals surface area contributed by atoms with Crippen molar-refractivity contribution in [1.82, 2.24) is 15.5 Å². The van der Waals surface area contributed by atoms with E-state index < -0.39 is 0 Å². The number of nitrogens with one attached hydrogen (secondary N) is 2. The van der Waals surface area contributed by atoms with Gasteiger partial charge < -0.3 is 20.3 Å². The zero-order chi connectivity index (χ0) is 18.6. The molecule has 1 amide bonds. The molecule has 2 N–H and O–H groups in total. The molecular formula is C20H32N4O2. The van der Waals surface area contributed by atoms with Gasteiger partial charge in [0.05, 0.1) is 19.8 Å². The first-order valence-corrected chi connectivity index (χ1v) is 9.53. The van der Waals surface area contributed by atoms with Crippen LogP contribution >= 0.6 is 0 Å². The third-order valence-electron chi connectivity index (χ3n) is 4.47. The van der Waals surface area contributed by atoms with E-state index in [-0.39, 0.29) is 5.91 Å². The number of benzene rings is 1. The van der Waals surface area contributed by atoms with Gasteiger partial charge in [-0.1, -0.05) is 37.3 Å². The molecule has 6 heteroatoms. The molecule has 144 valence electrons. The first-order chi connectivity index (χ1) is 12.7. The predicted octanol–water partition coefficient (Wildman–Crippen LogP) is 2.02. The van der Waals surface area contributed by atoms with Gasteiger partial charge in [0, 0.05) is 26.7 Å². The standard InChI is InChI=1S/C20H32N4O2/c1-17(15-26-16-18-9-5-3-6-10-18)13-22-20(21-2)23-14-19(25)24-11-7-4-8-12-24/h3,5-6,9-10,17H,4,7-8,11-16H2,1-2H3,(H2,21,22,23). The minimum atomic E-state index is 0.145. The molecule has 6 nitrogen and oxygen atoms in total. The third kappa shape index (κ3) is 7.44. The maximum absolute atomic E-state index is 12.2. The van der Waals surface area contributed by atoms with Crippen molar-refractivity contribution >= 4 is 11.9 Å². The third-order valence-corrected chi connectivity index (χ3v) is 4.47. The van der Waals surface area contributed by atoms with E-state index in [1.54, 1.807) is 7.05 Å². The first-order valence-electron chi connectivity index (χ1n) is 9.53. The number of ether oxygens (including phenoxy) is 1. The van der Waals surface area contributed by atoms with Crippen molar-refractivity contribution in [3.63, 3.8) is 0 Å². The summed E-state index contributed by atoms with van der Waals surface area (Å²) in [5.74, 6) is 1.15. The van der Waals surface area contributed by atoms with Crippen LogP contribution in [0.3, 0.4) is 0 Å². The van der Waals surface area contributed by atoms with Crippen LogP contribution in [0.2, 0.25) is 0 Å². The molecule has 0 aromatic heterocycles. The highest BCUT2D eigenvalue weighted by atomic mass is 16.5. The normalized spacial score (nSPS) is 16.2. The molecule has 1 atom stereocenters. The number of nitrogens with zero attached hydrogens (tertiary/aromatic N) is 2. The van der Waals surface area contributed by atoms with E-state index in [1.807, 2.05) is 23.1 Å². The Labute approximate surface area is 157 Å². The van der Waals surface area contributed by atoms with Crippen LogP contribution in [0, 0.1) is 5.92 Å². The minimum Gasteiger partial charge on any atom is -0.376 e. The SMILES string of the molecule is CN=C(NCC(=O)N1CCCCC1)NCC(C)COCc1ccccc1. The summed E-state index contributed by atoms with van der Waals surface area (Å²) in [6.07, 6.45) is 3.45. The van der Waals surface area contributed by atoms with E-state index in [0.29, 0.717) is 31.6 Å². The molecule has 0 spiro atoms. The number of hydrogen-bond donors (Lipinski definition) is 2. The van der Waals surface area contributed by atoms with E-state index >= 15 is 0 Å². The Morgan fingerprint density at radius 3 is 2.62 bits per heavy atom. The van der Waals surface area contributed by atoms with Crippen molar-refractivity contribution in [2.75, 3.05) is 39.8 Å². The van der Waals surface area contributed by atoms with E-state index in [9.17, 15) is 4.79 Å². The lowest BCUT2D eigenvalue weighted by atomic mass is 10.1. The molecule has 1 unspecified atom stereocenters. The van der Waals surface area contributed by atoms with Gasteiger partial charge in [0.2, 0.25) is 5.91 Å². The highest BCUT2D eigenvalue weighted by molar-refractivity contribution is 5.86. The van der Waals surface area contributed by atoms with Gasteiger partial charge in [-0.25, -0.2) is 0 Å². The number of rotatable bonds is 8. The molecular weight excluding hydrogens is 328 g/mol. The summed E-state index contributed by atoms with van der Waals surface area (Å²) in [4.78, 5) is 18.3. The van der Waals surface area contributed by atoms with Crippen molar-refractivity contribution < 1.29 is 9.53 Å². The monoisotopic (exact) mass is 360 g/mol. The summed E-state index contributed by atoms with van der Waals surface area (Å²) < 4.78 is 5.76. The van der Waals surface area contributed by atoms with Crippen LogP contribution in [0.4, 0.5) is 0 Å². The fraction of sp³-hybridized carbons (Fsp3) is 0.600. The van der Waals surface area contributed by atoms with Gasteiger partial charge >= 0.3 is 0 Å². The summed E-state index contributed by atoms with van der Waals surface area (Å²) in [6, 6.07) is 10.2. The largest absolute Gasteiger partial charge is 0.376 e. The number of piperidine rings is 1. The molecule has 1 aliphatic heterocycles. The number of hydrogen-bond acceptors (Lipinski definition) is 3. The zero-order valence-corrected chi connectivity index (χ0v) is 16.0. The molecule has 1 aromatic carbocycles. The topological polar surface area (TPSA) is 66.0 Å². The van der Waals surface area contributed by atoms with E-state index in [4.69, 9.17) is 4.74 Å². The number of aliphatic imine (C=N–C) groups is 1. The maximum atomic E-state index is 12.2. The molecule has 1 aromatic rings. The Balaban J connectivity index is 1.60. The lowest BCUT2D eigenvalue weighted by molar-refractivity contribution is -0.130. The van der Waals surface area contributed by atoms with Gasteiger partial charge in [0.25, 0.3) is 0 Å².